The number of anilines is 1. The predicted octanol–water partition coefficient (Wildman–Crippen LogP) is 4.33. The average molecular weight is 386 g/mol. The number of hydrogen-bond donors (Lipinski definition) is 2. The number of nitrogens with two attached hydrogens (primary N) is 1. The largest absolute Gasteiger partial charge is 0.361 e. The number of urea groups is 1. The van der Waals surface area contributed by atoms with Gasteiger partial charge in [0.15, 0.2) is 0 Å². The first-order chi connectivity index (χ1) is 14.2. The molecule has 3 N–H and O–H groups in total. The molecule has 3 heterocycles. The smallest absolute Gasteiger partial charge is 0.319 e. The monoisotopic (exact) mass is 386 g/mol. The van der Waals surface area contributed by atoms with Gasteiger partial charge < -0.3 is 10.7 Å². The maximum absolute atomic E-state index is 11.8. The van der Waals surface area contributed by atoms with Crippen LogP contribution in [0.4, 0.5) is 10.5 Å². The van der Waals surface area contributed by atoms with Crippen molar-refractivity contribution in [3.8, 4) is 0 Å². The van der Waals surface area contributed by atoms with E-state index < -0.39 is 0 Å². The number of rotatable bonds is 4. The molecule has 2 aliphatic rings. The predicted molar refractivity (Wildman–Crippen MR) is 118 cm³/mol. The first kappa shape index (κ1) is 18.0. The highest BCUT2D eigenvalue weighted by Gasteiger charge is 2.31. The van der Waals surface area contributed by atoms with Crippen molar-refractivity contribution in [2.45, 2.75) is 18.8 Å². The number of hydrogen-bond acceptors (Lipinski definition) is 2. The normalized spacial score (nSPS) is 19.4. The van der Waals surface area contributed by atoms with E-state index in [-0.39, 0.29) is 6.03 Å². The molecule has 0 bridgehead atoms. The molecule has 2 aromatic carbocycles. The number of primary amides is 1. The SMILES string of the molecule is NC(=O)N1C[C@@H](CCN2CC=C(c3ccc4[nH]ccc4c3)CC2)c2ccccc21. The summed E-state index contributed by atoms with van der Waals surface area (Å²) in [5.41, 5.74) is 11.8. The molecule has 5 rings (SSSR count). The summed E-state index contributed by atoms with van der Waals surface area (Å²) in [5, 5.41) is 1.27. The van der Waals surface area contributed by atoms with Crippen LogP contribution in [-0.2, 0) is 0 Å². The van der Waals surface area contributed by atoms with Gasteiger partial charge in [0.25, 0.3) is 0 Å². The first-order valence-electron chi connectivity index (χ1n) is 10.3. The molecule has 1 aromatic heterocycles. The second-order valence-electron chi connectivity index (χ2n) is 8.05. The number of nitrogens with zero attached hydrogens (tertiary/aromatic N) is 2. The fraction of sp³-hybridized carbons (Fsp3) is 0.292. The van der Waals surface area contributed by atoms with Crippen LogP contribution in [0.3, 0.4) is 0 Å². The van der Waals surface area contributed by atoms with Crippen molar-refractivity contribution in [1.82, 2.24) is 9.88 Å². The third kappa shape index (κ3) is 3.42. The van der Waals surface area contributed by atoms with Gasteiger partial charge in [-0.1, -0.05) is 30.3 Å². The average Bonchev–Trinajstić information content (AvgIpc) is 3.37. The summed E-state index contributed by atoms with van der Waals surface area (Å²) in [6, 6.07) is 16.6. The van der Waals surface area contributed by atoms with Crippen molar-refractivity contribution in [3.63, 3.8) is 0 Å². The third-order valence-corrected chi connectivity index (χ3v) is 6.35. The summed E-state index contributed by atoms with van der Waals surface area (Å²) >= 11 is 0. The molecule has 0 saturated carbocycles. The number of aromatic nitrogens is 1. The zero-order valence-corrected chi connectivity index (χ0v) is 16.5. The van der Waals surface area contributed by atoms with Gasteiger partial charge in [-0.15, -0.1) is 0 Å². The molecule has 0 fully saturated rings. The molecular weight excluding hydrogens is 360 g/mol. The minimum atomic E-state index is -0.357. The zero-order valence-electron chi connectivity index (χ0n) is 16.5. The lowest BCUT2D eigenvalue weighted by Gasteiger charge is -2.27. The Morgan fingerprint density at radius 2 is 2.07 bits per heavy atom. The van der Waals surface area contributed by atoms with E-state index in [4.69, 9.17) is 5.73 Å². The van der Waals surface area contributed by atoms with E-state index in [1.54, 1.807) is 4.90 Å². The molecule has 0 saturated heterocycles. The van der Waals surface area contributed by atoms with Crippen LogP contribution in [0.25, 0.3) is 16.5 Å². The van der Waals surface area contributed by atoms with Crippen molar-refractivity contribution in [1.29, 1.82) is 0 Å². The molecule has 0 unspecified atom stereocenters. The van der Waals surface area contributed by atoms with Crippen molar-refractivity contribution in [3.05, 3.63) is 71.9 Å². The maximum Gasteiger partial charge on any atom is 0.319 e. The van der Waals surface area contributed by atoms with Crippen molar-refractivity contribution in [2.75, 3.05) is 31.1 Å². The summed E-state index contributed by atoms with van der Waals surface area (Å²) < 4.78 is 0. The van der Waals surface area contributed by atoms with Gasteiger partial charge in [-0.05, 0) is 65.7 Å². The summed E-state index contributed by atoms with van der Waals surface area (Å²) in [6.07, 6.45) is 6.48. The summed E-state index contributed by atoms with van der Waals surface area (Å²) in [4.78, 5) is 19.3. The Morgan fingerprint density at radius 3 is 2.90 bits per heavy atom. The van der Waals surface area contributed by atoms with Gasteiger partial charge in [-0.3, -0.25) is 9.80 Å². The Bertz CT molecular complexity index is 1080. The van der Waals surface area contributed by atoms with Crippen LogP contribution in [0, 0.1) is 0 Å². The van der Waals surface area contributed by atoms with Crippen LogP contribution in [0.1, 0.15) is 29.9 Å². The Morgan fingerprint density at radius 1 is 1.17 bits per heavy atom. The number of carbonyl (C=O) groups is 1. The molecule has 29 heavy (non-hydrogen) atoms. The van der Waals surface area contributed by atoms with Crippen LogP contribution in [0.15, 0.2) is 60.8 Å². The maximum atomic E-state index is 11.8. The van der Waals surface area contributed by atoms with Crippen LogP contribution in [0.5, 0.6) is 0 Å². The van der Waals surface area contributed by atoms with Crippen LogP contribution < -0.4 is 10.6 Å². The quantitative estimate of drug-likeness (QED) is 0.701. The van der Waals surface area contributed by atoms with E-state index in [9.17, 15) is 4.79 Å². The van der Waals surface area contributed by atoms with Crippen molar-refractivity contribution < 1.29 is 4.79 Å². The summed E-state index contributed by atoms with van der Waals surface area (Å²) in [5.74, 6) is 0.361. The number of aromatic amines is 1. The number of para-hydroxylation sites is 1. The van der Waals surface area contributed by atoms with Crippen molar-refractivity contribution in [2.24, 2.45) is 5.73 Å². The Kier molecular flexibility index (Phi) is 4.60. The highest BCUT2D eigenvalue weighted by atomic mass is 16.2. The molecule has 1 atom stereocenters. The van der Waals surface area contributed by atoms with E-state index in [1.807, 2.05) is 24.4 Å². The number of carbonyl (C=O) groups excluding carboxylic acids is 1. The second-order valence-corrected chi connectivity index (χ2v) is 8.05. The number of H-pyrrole nitrogens is 1. The lowest BCUT2D eigenvalue weighted by molar-refractivity contribution is 0.253. The van der Waals surface area contributed by atoms with Crippen LogP contribution >= 0.6 is 0 Å². The van der Waals surface area contributed by atoms with E-state index in [0.29, 0.717) is 12.5 Å². The number of fused-ring (bicyclic) bond motifs is 2. The molecule has 3 aromatic rings. The van der Waals surface area contributed by atoms with E-state index in [0.717, 1.165) is 38.2 Å². The Labute approximate surface area is 170 Å². The lowest BCUT2D eigenvalue weighted by Crippen LogP contribution is -2.35. The molecule has 5 heteroatoms. The van der Waals surface area contributed by atoms with Crippen LogP contribution in [0.2, 0.25) is 0 Å². The van der Waals surface area contributed by atoms with Crippen molar-refractivity contribution >= 4 is 28.2 Å². The minimum Gasteiger partial charge on any atom is -0.361 e. The fourth-order valence-electron chi connectivity index (χ4n) is 4.72. The summed E-state index contributed by atoms with van der Waals surface area (Å²) in [6.45, 7) is 3.78. The van der Waals surface area contributed by atoms with E-state index >= 15 is 0 Å². The Balaban J connectivity index is 1.23. The Hall–Kier alpha value is -3.05. The highest BCUT2D eigenvalue weighted by molar-refractivity contribution is 5.93. The number of nitrogens with one attached hydrogen (secondary N) is 1. The highest BCUT2D eigenvalue weighted by Crippen LogP contribution is 2.38. The minimum absolute atomic E-state index is 0.357. The van der Waals surface area contributed by atoms with Gasteiger partial charge >= 0.3 is 6.03 Å². The van der Waals surface area contributed by atoms with E-state index in [2.05, 4.69) is 46.3 Å². The first-order valence-corrected chi connectivity index (χ1v) is 10.3. The van der Waals surface area contributed by atoms with Gasteiger partial charge in [-0.25, -0.2) is 4.79 Å². The molecule has 2 aliphatic heterocycles. The van der Waals surface area contributed by atoms with Gasteiger partial charge in [-0.2, -0.15) is 0 Å². The molecule has 0 spiro atoms. The molecule has 0 aliphatic carbocycles. The standard InChI is InChI=1S/C24H26N4O/c25-24(29)28-16-20(21-3-1-2-4-23(21)28)10-14-27-12-8-17(9-13-27)18-5-6-22-19(15-18)7-11-26-22/h1-8,11,15,20,26H,9-10,12-14,16H2,(H2,25,29)/t20-/m1/s1. The lowest BCUT2D eigenvalue weighted by atomic mass is 9.96. The molecular formula is C24H26N4O. The van der Waals surface area contributed by atoms with E-state index in [1.165, 1.54) is 27.6 Å². The van der Waals surface area contributed by atoms with Gasteiger partial charge in [0.1, 0.15) is 0 Å². The second kappa shape index (κ2) is 7.41. The molecule has 0 radical (unpaired) electrons. The zero-order chi connectivity index (χ0) is 19.8. The van der Waals surface area contributed by atoms with Gasteiger partial charge in [0.2, 0.25) is 0 Å². The van der Waals surface area contributed by atoms with Crippen LogP contribution in [-0.4, -0.2) is 42.1 Å². The molecule has 148 valence electrons. The summed E-state index contributed by atoms with van der Waals surface area (Å²) in [7, 11) is 0. The molecule has 2 amide bonds. The van der Waals surface area contributed by atoms with Gasteiger partial charge in [0, 0.05) is 43.0 Å². The third-order valence-electron chi connectivity index (χ3n) is 6.35. The molecule has 5 nitrogen and oxygen atoms in total. The number of amides is 2. The number of benzene rings is 2. The van der Waals surface area contributed by atoms with Gasteiger partial charge in [0.05, 0.1) is 0 Å². The fourth-order valence-corrected chi connectivity index (χ4v) is 4.72. The topological polar surface area (TPSA) is 65.4 Å².